The van der Waals surface area contributed by atoms with Crippen molar-refractivity contribution in [3.63, 3.8) is 0 Å². The van der Waals surface area contributed by atoms with E-state index >= 15 is 0 Å². The molecule has 20 heavy (non-hydrogen) atoms. The SMILES string of the molecule is Fc1cc(C(Br)c2ccc3c(c2)OCCO3)ccc1Cl. The Bertz CT molecular complexity index is 648. The molecule has 0 fully saturated rings. The van der Waals surface area contributed by atoms with E-state index in [-0.39, 0.29) is 9.85 Å². The van der Waals surface area contributed by atoms with Gasteiger partial charge >= 0.3 is 0 Å². The first-order chi connectivity index (χ1) is 9.65. The first-order valence-electron chi connectivity index (χ1n) is 6.14. The smallest absolute Gasteiger partial charge is 0.161 e. The molecule has 104 valence electrons. The Kier molecular flexibility index (Phi) is 3.85. The molecule has 1 aliphatic rings. The molecule has 2 nitrogen and oxygen atoms in total. The number of alkyl halides is 1. The fraction of sp³-hybridized carbons (Fsp3) is 0.200. The van der Waals surface area contributed by atoms with Crippen molar-refractivity contribution in [2.75, 3.05) is 13.2 Å². The van der Waals surface area contributed by atoms with Crippen LogP contribution < -0.4 is 9.47 Å². The molecule has 0 saturated heterocycles. The van der Waals surface area contributed by atoms with Gasteiger partial charge in [-0.1, -0.05) is 39.7 Å². The van der Waals surface area contributed by atoms with Crippen molar-refractivity contribution in [2.45, 2.75) is 4.83 Å². The van der Waals surface area contributed by atoms with E-state index < -0.39 is 5.82 Å². The highest BCUT2D eigenvalue weighted by Crippen LogP contribution is 2.38. The summed E-state index contributed by atoms with van der Waals surface area (Å²) in [7, 11) is 0. The van der Waals surface area contributed by atoms with Crippen molar-refractivity contribution in [2.24, 2.45) is 0 Å². The lowest BCUT2D eigenvalue weighted by molar-refractivity contribution is 0.171. The standard InChI is InChI=1S/C15H11BrClFO2/c16-15(9-1-3-11(17)12(18)7-9)10-2-4-13-14(8-10)20-6-5-19-13/h1-4,7-8,15H,5-6H2. The van der Waals surface area contributed by atoms with E-state index in [9.17, 15) is 4.39 Å². The molecule has 3 rings (SSSR count). The highest BCUT2D eigenvalue weighted by atomic mass is 79.9. The third-order valence-electron chi connectivity index (χ3n) is 3.10. The van der Waals surface area contributed by atoms with E-state index in [1.165, 1.54) is 6.07 Å². The van der Waals surface area contributed by atoms with Gasteiger partial charge in [-0.25, -0.2) is 4.39 Å². The fourth-order valence-corrected chi connectivity index (χ4v) is 2.77. The van der Waals surface area contributed by atoms with Crippen LogP contribution in [0.25, 0.3) is 0 Å². The second-order valence-corrected chi connectivity index (χ2v) is 5.76. The van der Waals surface area contributed by atoms with Crippen LogP contribution in [0.4, 0.5) is 4.39 Å². The molecular weight excluding hydrogens is 347 g/mol. The fourth-order valence-electron chi connectivity index (χ4n) is 2.08. The summed E-state index contributed by atoms with van der Waals surface area (Å²) in [4.78, 5) is -0.134. The van der Waals surface area contributed by atoms with Gasteiger partial charge in [0, 0.05) is 0 Å². The molecule has 0 amide bonds. The molecule has 1 atom stereocenters. The van der Waals surface area contributed by atoms with Crippen molar-refractivity contribution >= 4 is 27.5 Å². The lowest BCUT2D eigenvalue weighted by Gasteiger charge is -2.20. The van der Waals surface area contributed by atoms with E-state index in [2.05, 4.69) is 15.9 Å². The molecule has 0 aromatic heterocycles. The van der Waals surface area contributed by atoms with Crippen molar-refractivity contribution in [1.29, 1.82) is 0 Å². The minimum Gasteiger partial charge on any atom is -0.486 e. The summed E-state index contributed by atoms with van der Waals surface area (Å²) in [6.45, 7) is 1.10. The maximum atomic E-state index is 13.5. The summed E-state index contributed by atoms with van der Waals surface area (Å²) in [5.41, 5.74) is 1.76. The zero-order valence-corrected chi connectivity index (χ0v) is 12.7. The van der Waals surface area contributed by atoms with Gasteiger partial charge in [0.1, 0.15) is 19.0 Å². The number of rotatable bonds is 2. The Hall–Kier alpha value is -1.26. The average molecular weight is 358 g/mol. The zero-order valence-electron chi connectivity index (χ0n) is 10.4. The number of benzene rings is 2. The zero-order chi connectivity index (χ0) is 14.1. The third-order valence-corrected chi connectivity index (χ3v) is 4.46. The maximum Gasteiger partial charge on any atom is 0.161 e. The van der Waals surface area contributed by atoms with Crippen LogP contribution in [-0.2, 0) is 0 Å². The van der Waals surface area contributed by atoms with Gasteiger partial charge in [-0.3, -0.25) is 0 Å². The maximum absolute atomic E-state index is 13.5. The molecule has 5 heteroatoms. The number of fused-ring (bicyclic) bond motifs is 1. The Morgan fingerprint density at radius 1 is 1.00 bits per heavy atom. The summed E-state index contributed by atoms with van der Waals surface area (Å²) in [5.74, 6) is 1.03. The molecular formula is C15H11BrClFO2. The van der Waals surface area contributed by atoms with Gasteiger partial charge in [-0.2, -0.15) is 0 Å². The minimum absolute atomic E-state index is 0.121. The van der Waals surface area contributed by atoms with Crippen molar-refractivity contribution in [3.8, 4) is 11.5 Å². The number of halogens is 3. The van der Waals surface area contributed by atoms with E-state index in [4.69, 9.17) is 21.1 Å². The number of hydrogen-bond acceptors (Lipinski definition) is 2. The van der Waals surface area contributed by atoms with Gasteiger partial charge in [-0.05, 0) is 35.4 Å². The van der Waals surface area contributed by atoms with Gasteiger partial charge in [0.05, 0.1) is 9.85 Å². The van der Waals surface area contributed by atoms with Gasteiger partial charge in [-0.15, -0.1) is 0 Å². The summed E-state index contributed by atoms with van der Waals surface area (Å²) in [6.07, 6.45) is 0. The molecule has 0 radical (unpaired) electrons. The predicted molar refractivity (Wildman–Crippen MR) is 79.6 cm³/mol. The van der Waals surface area contributed by atoms with Crippen molar-refractivity contribution in [1.82, 2.24) is 0 Å². The lowest BCUT2D eigenvalue weighted by Crippen LogP contribution is -2.15. The summed E-state index contributed by atoms with van der Waals surface area (Å²) in [6, 6.07) is 10.5. The Balaban J connectivity index is 1.93. The van der Waals surface area contributed by atoms with Gasteiger partial charge in [0.15, 0.2) is 11.5 Å². The van der Waals surface area contributed by atoms with Crippen LogP contribution >= 0.6 is 27.5 Å². The highest BCUT2D eigenvalue weighted by Gasteiger charge is 2.17. The highest BCUT2D eigenvalue weighted by molar-refractivity contribution is 9.09. The second kappa shape index (κ2) is 5.62. The Labute approximate surface area is 129 Å². The molecule has 2 aromatic carbocycles. The predicted octanol–water partition coefficient (Wildman–Crippen LogP) is 4.73. The normalized spacial score (nSPS) is 14.9. The molecule has 0 saturated carbocycles. The van der Waals surface area contributed by atoms with Gasteiger partial charge < -0.3 is 9.47 Å². The van der Waals surface area contributed by atoms with Crippen LogP contribution in [0.2, 0.25) is 5.02 Å². The first kappa shape index (κ1) is 13.7. The molecule has 0 N–H and O–H groups in total. The number of hydrogen-bond donors (Lipinski definition) is 0. The molecule has 2 aromatic rings. The van der Waals surface area contributed by atoms with Crippen LogP contribution in [-0.4, -0.2) is 13.2 Å². The molecule has 1 aliphatic heterocycles. The van der Waals surface area contributed by atoms with Gasteiger partial charge in [0.25, 0.3) is 0 Å². The van der Waals surface area contributed by atoms with Crippen LogP contribution in [0.15, 0.2) is 36.4 Å². The van der Waals surface area contributed by atoms with E-state index in [1.807, 2.05) is 18.2 Å². The van der Waals surface area contributed by atoms with Gasteiger partial charge in [0.2, 0.25) is 0 Å². The molecule has 0 bridgehead atoms. The van der Waals surface area contributed by atoms with E-state index in [0.717, 1.165) is 16.9 Å². The Morgan fingerprint density at radius 2 is 1.65 bits per heavy atom. The minimum atomic E-state index is -0.425. The quantitative estimate of drug-likeness (QED) is 0.723. The molecule has 1 heterocycles. The van der Waals surface area contributed by atoms with Crippen LogP contribution in [0.5, 0.6) is 11.5 Å². The summed E-state index contributed by atoms with van der Waals surface area (Å²) in [5, 5.41) is 0.121. The van der Waals surface area contributed by atoms with E-state index in [1.54, 1.807) is 12.1 Å². The van der Waals surface area contributed by atoms with Crippen LogP contribution in [0.1, 0.15) is 16.0 Å². The summed E-state index contributed by atoms with van der Waals surface area (Å²) >= 11 is 9.27. The molecule has 0 aliphatic carbocycles. The second-order valence-electron chi connectivity index (χ2n) is 4.44. The molecule has 1 unspecified atom stereocenters. The average Bonchev–Trinajstić information content (AvgIpc) is 2.49. The largest absolute Gasteiger partial charge is 0.486 e. The first-order valence-corrected chi connectivity index (χ1v) is 7.43. The van der Waals surface area contributed by atoms with Crippen LogP contribution in [0, 0.1) is 5.82 Å². The molecule has 0 spiro atoms. The number of ether oxygens (including phenoxy) is 2. The van der Waals surface area contributed by atoms with Crippen molar-refractivity contribution < 1.29 is 13.9 Å². The summed E-state index contributed by atoms with van der Waals surface area (Å²) < 4.78 is 24.6. The lowest BCUT2D eigenvalue weighted by atomic mass is 10.0. The Morgan fingerprint density at radius 3 is 2.40 bits per heavy atom. The third kappa shape index (κ3) is 2.63. The van der Waals surface area contributed by atoms with E-state index in [0.29, 0.717) is 19.0 Å². The van der Waals surface area contributed by atoms with Crippen LogP contribution in [0.3, 0.4) is 0 Å². The monoisotopic (exact) mass is 356 g/mol. The van der Waals surface area contributed by atoms with Crippen molar-refractivity contribution in [3.05, 3.63) is 58.4 Å². The topological polar surface area (TPSA) is 18.5 Å².